The Labute approximate surface area is 193 Å². The maximum absolute atomic E-state index is 14.6. The molecule has 166 valence electrons. The molecule has 2 unspecified atom stereocenters. The highest BCUT2D eigenvalue weighted by molar-refractivity contribution is 6.30. The molecule has 0 saturated heterocycles. The van der Waals surface area contributed by atoms with Gasteiger partial charge in [-0.2, -0.15) is 0 Å². The zero-order valence-electron chi connectivity index (χ0n) is 17.5. The van der Waals surface area contributed by atoms with E-state index in [9.17, 15) is 14.3 Å². The van der Waals surface area contributed by atoms with E-state index in [1.807, 2.05) is 6.92 Å². The van der Waals surface area contributed by atoms with Gasteiger partial charge in [0.2, 0.25) is 5.95 Å². The molecule has 2 N–H and O–H groups in total. The third-order valence-electron chi connectivity index (χ3n) is 5.87. The summed E-state index contributed by atoms with van der Waals surface area (Å²) >= 11 is 5.98. The Hall–Kier alpha value is -3.62. The van der Waals surface area contributed by atoms with E-state index in [0.717, 1.165) is 23.0 Å². The molecule has 0 amide bonds. The number of hydrogen-bond acceptors (Lipinski definition) is 6. The van der Waals surface area contributed by atoms with Gasteiger partial charge in [0, 0.05) is 47.4 Å². The van der Waals surface area contributed by atoms with Crippen molar-refractivity contribution in [3.05, 3.63) is 99.6 Å². The first kappa shape index (κ1) is 21.2. The lowest BCUT2D eigenvalue weighted by atomic mass is 10.0. The number of aromatic nitrogens is 4. The largest absolute Gasteiger partial charge is 0.390 e. The number of nitrogens with zero attached hydrogens (tertiary/aromatic N) is 4. The second-order valence-electron chi connectivity index (χ2n) is 7.98. The van der Waals surface area contributed by atoms with Gasteiger partial charge < -0.3 is 15.0 Å². The van der Waals surface area contributed by atoms with Crippen LogP contribution in [0.2, 0.25) is 5.02 Å². The molecule has 33 heavy (non-hydrogen) atoms. The summed E-state index contributed by atoms with van der Waals surface area (Å²) in [5.41, 5.74) is 1.47. The molecule has 3 aromatic heterocycles. The zero-order chi connectivity index (χ0) is 23.2. The summed E-state index contributed by atoms with van der Waals surface area (Å²) in [6, 6.07) is 11.7. The molecule has 1 aliphatic rings. The van der Waals surface area contributed by atoms with E-state index in [2.05, 4.69) is 20.3 Å². The molecular weight excluding hydrogens is 445 g/mol. The van der Waals surface area contributed by atoms with Crippen molar-refractivity contribution in [1.82, 2.24) is 19.5 Å². The van der Waals surface area contributed by atoms with Gasteiger partial charge in [-0.15, -0.1) is 0 Å². The number of anilines is 2. The van der Waals surface area contributed by atoms with Crippen molar-refractivity contribution >= 4 is 23.2 Å². The van der Waals surface area contributed by atoms with Gasteiger partial charge in [-0.3, -0.25) is 9.78 Å². The van der Waals surface area contributed by atoms with Gasteiger partial charge in [0.25, 0.3) is 5.56 Å². The standard InChI is InChI=1S/C24H19ClFN5O2/c1-14-12-27-8-6-19(14)29-23-28-13-18(26)22(30-23)15-7-9-31(21(33)10-15)24(11-20(24)32)16-2-4-17(25)5-3-16/h2-10,12-13,20,32H,11H2,1H3,(H,27,28,29,30). The van der Waals surface area contributed by atoms with E-state index in [1.165, 1.54) is 10.6 Å². The number of rotatable bonds is 5. The second kappa shape index (κ2) is 8.06. The van der Waals surface area contributed by atoms with Crippen LogP contribution >= 0.6 is 11.6 Å². The fourth-order valence-corrected chi connectivity index (χ4v) is 4.13. The number of benzene rings is 1. The number of nitrogens with one attached hydrogen (secondary N) is 1. The highest BCUT2D eigenvalue weighted by Crippen LogP contribution is 2.49. The highest BCUT2D eigenvalue weighted by Gasteiger charge is 2.57. The Morgan fingerprint density at radius 2 is 1.97 bits per heavy atom. The van der Waals surface area contributed by atoms with E-state index in [4.69, 9.17) is 11.6 Å². The number of pyridine rings is 2. The smallest absolute Gasteiger partial charge is 0.252 e. The summed E-state index contributed by atoms with van der Waals surface area (Å²) in [6.07, 6.45) is 5.63. The molecule has 7 nitrogen and oxygen atoms in total. The first-order chi connectivity index (χ1) is 15.9. The van der Waals surface area contributed by atoms with E-state index in [-0.39, 0.29) is 17.2 Å². The van der Waals surface area contributed by atoms with E-state index in [1.54, 1.807) is 55.0 Å². The van der Waals surface area contributed by atoms with Gasteiger partial charge in [0.1, 0.15) is 11.2 Å². The molecule has 9 heteroatoms. The Kier molecular flexibility index (Phi) is 5.19. The molecule has 0 bridgehead atoms. The lowest BCUT2D eigenvalue weighted by Gasteiger charge is -2.20. The van der Waals surface area contributed by atoms with Crippen LogP contribution in [0.25, 0.3) is 11.3 Å². The topological polar surface area (TPSA) is 92.9 Å². The Balaban J connectivity index is 1.51. The van der Waals surface area contributed by atoms with Crippen LogP contribution in [0.15, 0.2) is 72.0 Å². The number of aryl methyl sites for hydroxylation is 1. The average molecular weight is 464 g/mol. The quantitative estimate of drug-likeness (QED) is 0.464. The van der Waals surface area contributed by atoms with Crippen molar-refractivity contribution in [1.29, 1.82) is 0 Å². The van der Waals surface area contributed by atoms with Crippen LogP contribution in [0.1, 0.15) is 17.5 Å². The van der Waals surface area contributed by atoms with Crippen molar-refractivity contribution in [2.24, 2.45) is 0 Å². The van der Waals surface area contributed by atoms with Crippen LogP contribution in [0.3, 0.4) is 0 Å². The SMILES string of the molecule is Cc1cnccc1Nc1ncc(F)c(-c2ccn(C3(c4ccc(Cl)cc4)CC3O)c(=O)c2)n1. The minimum absolute atomic E-state index is 0.000322. The molecule has 0 aliphatic heterocycles. The van der Waals surface area contributed by atoms with Gasteiger partial charge in [0.05, 0.1) is 12.3 Å². The van der Waals surface area contributed by atoms with Crippen molar-refractivity contribution < 1.29 is 9.50 Å². The number of hydrogen-bond donors (Lipinski definition) is 2. The van der Waals surface area contributed by atoms with E-state index in [0.29, 0.717) is 17.0 Å². The van der Waals surface area contributed by atoms with Crippen molar-refractivity contribution in [3.63, 3.8) is 0 Å². The predicted octanol–water partition coefficient (Wildman–Crippen LogP) is 4.05. The maximum Gasteiger partial charge on any atom is 0.252 e. The number of aliphatic hydroxyl groups is 1. The van der Waals surface area contributed by atoms with E-state index >= 15 is 0 Å². The van der Waals surface area contributed by atoms with Crippen LogP contribution in [-0.2, 0) is 5.54 Å². The summed E-state index contributed by atoms with van der Waals surface area (Å²) in [6.45, 7) is 1.88. The van der Waals surface area contributed by atoms with Gasteiger partial charge >= 0.3 is 0 Å². The first-order valence-corrected chi connectivity index (χ1v) is 10.6. The van der Waals surface area contributed by atoms with Gasteiger partial charge in [0.15, 0.2) is 5.82 Å². The van der Waals surface area contributed by atoms with Crippen LogP contribution in [-0.4, -0.2) is 30.7 Å². The van der Waals surface area contributed by atoms with Crippen LogP contribution in [0, 0.1) is 12.7 Å². The monoisotopic (exact) mass is 463 g/mol. The minimum Gasteiger partial charge on any atom is -0.390 e. The van der Waals surface area contributed by atoms with Crippen molar-refractivity contribution in [3.8, 4) is 11.3 Å². The van der Waals surface area contributed by atoms with Gasteiger partial charge in [-0.05, 0) is 42.3 Å². The van der Waals surface area contributed by atoms with Crippen molar-refractivity contribution in [2.75, 3.05) is 5.32 Å². The Morgan fingerprint density at radius 3 is 2.64 bits per heavy atom. The van der Waals surface area contributed by atoms with Crippen molar-refractivity contribution in [2.45, 2.75) is 25.0 Å². The zero-order valence-corrected chi connectivity index (χ0v) is 18.3. The molecule has 4 aromatic rings. The molecule has 3 heterocycles. The molecule has 0 radical (unpaired) electrons. The summed E-state index contributed by atoms with van der Waals surface area (Å²) in [7, 11) is 0. The van der Waals surface area contributed by atoms with Gasteiger partial charge in [-0.1, -0.05) is 23.7 Å². The lowest BCUT2D eigenvalue weighted by molar-refractivity contribution is 0.234. The second-order valence-corrected chi connectivity index (χ2v) is 8.42. The van der Waals surface area contributed by atoms with Gasteiger partial charge in [-0.25, -0.2) is 14.4 Å². The first-order valence-electron chi connectivity index (χ1n) is 10.3. The summed E-state index contributed by atoms with van der Waals surface area (Å²) < 4.78 is 16.1. The molecule has 0 spiro atoms. The Bertz CT molecular complexity index is 1410. The molecule has 5 rings (SSSR count). The highest BCUT2D eigenvalue weighted by atomic mass is 35.5. The summed E-state index contributed by atoms with van der Waals surface area (Å²) in [5.74, 6) is -0.455. The predicted molar refractivity (Wildman–Crippen MR) is 123 cm³/mol. The van der Waals surface area contributed by atoms with Crippen LogP contribution in [0.4, 0.5) is 16.0 Å². The Morgan fingerprint density at radius 1 is 1.21 bits per heavy atom. The van der Waals surface area contributed by atoms with Crippen LogP contribution in [0.5, 0.6) is 0 Å². The molecule has 1 fully saturated rings. The number of aliphatic hydroxyl groups excluding tert-OH is 1. The third kappa shape index (κ3) is 3.77. The normalized spacial score (nSPS) is 19.3. The minimum atomic E-state index is -0.865. The molecular formula is C24H19ClFN5O2. The number of halogens is 2. The lowest BCUT2D eigenvalue weighted by Crippen LogP contribution is -2.33. The third-order valence-corrected chi connectivity index (χ3v) is 6.13. The maximum atomic E-state index is 14.6. The molecule has 1 saturated carbocycles. The molecule has 2 atom stereocenters. The average Bonchev–Trinajstić information content (AvgIpc) is 3.48. The molecule has 1 aromatic carbocycles. The summed E-state index contributed by atoms with van der Waals surface area (Å²) in [4.78, 5) is 25.4. The van der Waals surface area contributed by atoms with Crippen LogP contribution < -0.4 is 10.9 Å². The summed E-state index contributed by atoms with van der Waals surface area (Å²) in [5, 5.41) is 14.0. The van der Waals surface area contributed by atoms with E-state index < -0.39 is 17.5 Å². The molecule has 1 aliphatic carbocycles. The fourth-order valence-electron chi connectivity index (χ4n) is 4.00. The fraction of sp³-hybridized carbons (Fsp3) is 0.167.